The highest BCUT2D eigenvalue weighted by molar-refractivity contribution is 7.89. The van der Waals surface area contributed by atoms with E-state index in [4.69, 9.17) is 23.7 Å². The molecule has 6 atom stereocenters. The van der Waals surface area contributed by atoms with Gasteiger partial charge in [-0.1, -0.05) is 0 Å². The summed E-state index contributed by atoms with van der Waals surface area (Å²) in [4.78, 5) is 0. The maximum Gasteiger partial charge on any atom is 0.221 e. The molecular weight excluding hydrogens is 266 g/mol. The van der Waals surface area contributed by atoms with E-state index in [2.05, 4.69) is 0 Å². The Labute approximate surface area is 104 Å². The van der Waals surface area contributed by atoms with Crippen LogP contribution in [0.3, 0.4) is 0 Å². The average Bonchev–Trinajstić information content (AvgIpc) is 2.76. The number of sulfonamides is 1. The van der Waals surface area contributed by atoms with Crippen LogP contribution >= 0.6 is 0 Å². The van der Waals surface area contributed by atoms with Crippen molar-refractivity contribution in [1.29, 1.82) is 0 Å². The molecule has 0 saturated carbocycles. The van der Waals surface area contributed by atoms with Gasteiger partial charge in [-0.05, 0) is 13.8 Å². The molecule has 18 heavy (non-hydrogen) atoms. The first kappa shape index (κ1) is 11.5. The predicted molar refractivity (Wildman–Crippen MR) is 54.0 cm³/mol. The Morgan fingerprint density at radius 2 is 1.28 bits per heavy atom. The van der Waals surface area contributed by atoms with Crippen LogP contribution < -0.4 is 0 Å². The van der Waals surface area contributed by atoms with Crippen LogP contribution in [0.1, 0.15) is 13.8 Å². The first-order valence-electron chi connectivity index (χ1n) is 5.78. The Morgan fingerprint density at radius 3 is 1.72 bits per heavy atom. The lowest BCUT2D eigenvalue weighted by Crippen LogP contribution is -2.61. The van der Waals surface area contributed by atoms with Gasteiger partial charge in [0.15, 0.2) is 12.5 Å². The first-order valence-corrected chi connectivity index (χ1v) is 7.28. The fourth-order valence-corrected chi connectivity index (χ4v) is 3.86. The van der Waals surface area contributed by atoms with Gasteiger partial charge in [0.1, 0.15) is 0 Å². The topological polar surface area (TPSA) is 83.5 Å². The van der Waals surface area contributed by atoms with Gasteiger partial charge in [-0.25, -0.2) is 8.42 Å². The van der Waals surface area contributed by atoms with Gasteiger partial charge in [-0.2, -0.15) is 0 Å². The smallest absolute Gasteiger partial charge is 0.221 e. The van der Waals surface area contributed by atoms with E-state index in [0.717, 1.165) is 0 Å². The summed E-state index contributed by atoms with van der Waals surface area (Å²) in [6, 6.07) is 0. The minimum Gasteiger partial charge on any atom is -0.322 e. The van der Waals surface area contributed by atoms with Gasteiger partial charge in [0.25, 0.3) is 0 Å². The second kappa shape index (κ2) is 3.42. The minimum absolute atomic E-state index is 0.583. The molecule has 102 valence electrons. The third kappa shape index (κ3) is 1.27. The van der Waals surface area contributed by atoms with Crippen LogP contribution in [0.15, 0.2) is 0 Å². The Bertz CT molecular complexity index is 455. The molecule has 0 aromatic carbocycles. The predicted octanol–water partition coefficient (Wildman–Crippen LogP) is -0.879. The summed E-state index contributed by atoms with van der Waals surface area (Å²) in [6.45, 7) is 3.21. The fourth-order valence-electron chi connectivity index (χ4n) is 2.49. The zero-order chi connectivity index (χ0) is 12.7. The van der Waals surface area contributed by atoms with Crippen molar-refractivity contribution in [2.75, 3.05) is 0 Å². The van der Waals surface area contributed by atoms with Crippen molar-refractivity contribution in [3.8, 4) is 0 Å². The van der Waals surface area contributed by atoms with Gasteiger partial charge in [-0.3, -0.25) is 0 Å². The lowest BCUT2D eigenvalue weighted by Gasteiger charge is -2.40. The molecule has 5 aliphatic heterocycles. The Hall–Kier alpha value is -0.290. The van der Waals surface area contributed by atoms with E-state index < -0.39 is 52.9 Å². The molecule has 0 aromatic heterocycles. The summed E-state index contributed by atoms with van der Waals surface area (Å²) < 4.78 is 53.2. The molecule has 0 amide bonds. The minimum atomic E-state index is -3.55. The molecule has 0 spiro atoms. The van der Waals surface area contributed by atoms with E-state index in [1.807, 2.05) is 0 Å². The summed E-state index contributed by atoms with van der Waals surface area (Å²) in [5.41, 5.74) is 0. The van der Waals surface area contributed by atoms with E-state index in [1.54, 1.807) is 13.8 Å². The summed E-state index contributed by atoms with van der Waals surface area (Å²) in [5.74, 6) is 0. The third-order valence-electron chi connectivity index (χ3n) is 3.43. The van der Waals surface area contributed by atoms with Crippen LogP contribution in [0.25, 0.3) is 0 Å². The molecule has 5 aliphatic rings. The van der Waals surface area contributed by atoms with Gasteiger partial charge in [0, 0.05) is 0 Å². The average molecular weight is 279 g/mol. The maximum atomic E-state index is 12.4. The highest BCUT2D eigenvalue weighted by Crippen LogP contribution is 2.45. The van der Waals surface area contributed by atoms with Crippen LogP contribution in [-0.4, -0.2) is 55.6 Å². The van der Waals surface area contributed by atoms with Gasteiger partial charge < -0.3 is 23.7 Å². The molecule has 5 fully saturated rings. The van der Waals surface area contributed by atoms with Crippen LogP contribution in [0, 0.1) is 0 Å². The summed E-state index contributed by atoms with van der Waals surface area (Å²) in [7, 11) is -3.55. The van der Waals surface area contributed by atoms with Crippen LogP contribution in [0.4, 0.5) is 0 Å². The molecule has 0 aromatic rings. The molecule has 5 saturated heterocycles. The van der Waals surface area contributed by atoms with Gasteiger partial charge in [-0.15, -0.1) is 4.31 Å². The van der Waals surface area contributed by atoms with Crippen molar-refractivity contribution in [1.82, 2.24) is 4.31 Å². The first-order chi connectivity index (χ1) is 8.48. The normalized spacial score (nSPS) is 50.4. The number of rotatable bonds is 2. The van der Waals surface area contributed by atoms with Crippen molar-refractivity contribution < 1.29 is 32.1 Å². The number of hydrogen-bond donors (Lipinski definition) is 0. The standard InChI is InChI=1S/C9H13NO7S/c1-3(2)18(11,12)10-4-6-15-7-5(10)14-9(17-7)8(13-4)16-6/h3-9H,1-2H3. The van der Waals surface area contributed by atoms with Crippen LogP contribution in [0.5, 0.6) is 0 Å². The summed E-state index contributed by atoms with van der Waals surface area (Å²) in [5, 5.41) is -0.583. The number of ether oxygens (including phenoxy) is 5. The monoisotopic (exact) mass is 279 g/mol. The lowest BCUT2D eigenvalue weighted by molar-refractivity contribution is -0.277. The molecule has 8 nitrogen and oxygen atoms in total. The lowest BCUT2D eigenvalue weighted by atomic mass is 10.4. The molecule has 5 heterocycles. The zero-order valence-corrected chi connectivity index (χ0v) is 10.6. The second-order valence-corrected chi connectivity index (χ2v) is 7.25. The molecule has 9 heteroatoms. The van der Waals surface area contributed by atoms with Crippen molar-refractivity contribution in [2.45, 2.75) is 56.7 Å². The molecule has 6 unspecified atom stereocenters. The van der Waals surface area contributed by atoms with Crippen LogP contribution in [-0.2, 0) is 33.7 Å². The maximum absolute atomic E-state index is 12.4. The molecule has 0 aliphatic carbocycles. The SMILES string of the molecule is CC(C)S(=O)(=O)N1C2OC3OC2OC2OC3OC21. The molecule has 6 bridgehead atoms. The zero-order valence-electron chi connectivity index (χ0n) is 9.75. The number of nitrogens with zero attached hydrogens (tertiary/aromatic N) is 1. The van der Waals surface area contributed by atoms with E-state index in [1.165, 1.54) is 4.31 Å². The number of hydrogen-bond acceptors (Lipinski definition) is 7. The van der Waals surface area contributed by atoms with Crippen molar-refractivity contribution in [3.63, 3.8) is 0 Å². The Kier molecular flexibility index (Phi) is 2.19. The van der Waals surface area contributed by atoms with Gasteiger partial charge >= 0.3 is 0 Å². The van der Waals surface area contributed by atoms with Gasteiger partial charge in [0.2, 0.25) is 35.2 Å². The van der Waals surface area contributed by atoms with E-state index in [0.29, 0.717) is 0 Å². The quantitative estimate of drug-likeness (QED) is 0.649. The van der Waals surface area contributed by atoms with Crippen molar-refractivity contribution >= 4 is 10.0 Å². The molecule has 0 radical (unpaired) electrons. The largest absolute Gasteiger partial charge is 0.322 e. The fraction of sp³-hybridized carbons (Fsp3) is 1.00. The van der Waals surface area contributed by atoms with Crippen LogP contribution in [0.2, 0.25) is 0 Å². The highest BCUT2D eigenvalue weighted by atomic mass is 32.2. The third-order valence-corrected chi connectivity index (χ3v) is 5.63. The Balaban J connectivity index is 1.81. The van der Waals surface area contributed by atoms with E-state index in [-0.39, 0.29) is 0 Å². The van der Waals surface area contributed by atoms with E-state index in [9.17, 15) is 8.42 Å². The molecule has 5 rings (SSSR count). The highest BCUT2D eigenvalue weighted by Gasteiger charge is 2.66. The van der Waals surface area contributed by atoms with Crippen molar-refractivity contribution in [3.05, 3.63) is 0 Å². The van der Waals surface area contributed by atoms with Gasteiger partial charge in [0.05, 0.1) is 5.25 Å². The molecular formula is C9H13NO7S. The number of morpholine rings is 1. The Morgan fingerprint density at radius 1 is 0.833 bits per heavy atom. The molecule has 0 N–H and O–H groups in total. The van der Waals surface area contributed by atoms with E-state index >= 15 is 0 Å². The second-order valence-electron chi connectivity index (χ2n) is 4.86. The summed E-state index contributed by atoms with van der Waals surface area (Å²) in [6.07, 6.45) is -4.56. The summed E-state index contributed by atoms with van der Waals surface area (Å²) >= 11 is 0. The van der Waals surface area contributed by atoms with Crippen molar-refractivity contribution in [2.24, 2.45) is 0 Å².